The molecule has 1 rings (SSSR count). The molecule has 1 aromatic carbocycles. The SMILES string of the molecule is CCCCCC(=O)Oc1ccccc1S(=O)(=O)OC. The van der Waals surface area contributed by atoms with E-state index in [-0.39, 0.29) is 17.1 Å². The first-order valence-electron chi connectivity index (χ1n) is 6.11. The maximum Gasteiger partial charge on any atom is 0.311 e. The van der Waals surface area contributed by atoms with Gasteiger partial charge in [0.15, 0.2) is 5.75 Å². The fraction of sp³-hybridized carbons (Fsp3) is 0.462. The van der Waals surface area contributed by atoms with Gasteiger partial charge in [-0.1, -0.05) is 31.9 Å². The Kier molecular flexibility index (Phi) is 5.98. The summed E-state index contributed by atoms with van der Waals surface area (Å²) in [5.41, 5.74) is 0. The fourth-order valence-electron chi connectivity index (χ4n) is 1.52. The number of rotatable bonds is 7. The highest BCUT2D eigenvalue weighted by atomic mass is 32.2. The first kappa shape index (κ1) is 15.7. The third-order valence-corrected chi connectivity index (χ3v) is 3.86. The molecule has 0 radical (unpaired) electrons. The molecule has 19 heavy (non-hydrogen) atoms. The zero-order valence-electron chi connectivity index (χ0n) is 11.1. The van der Waals surface area contributed by atoms with Crippen molar-refractivity contribution in [3.8, 4) is 5.75 Å². The number of carbonyl (C=O) groups is 1. The van der Waals surface area contributed by atoms with Crippen LogP contribution in [0.4, 0.5) is 0 Å². The Hall–Kier alpha value is -1.40. The van der Waals surface area contributed by atoms with Gasteiger partial charge in [0, 0.05) is 6.42 Å². The first-order valence-corrected chi connectivity index (χ1v) is 7.52. The molecule has 106 valence electrons. The van der Waals surface area contributed by atoms with Gasteiger partial charge >= 0.3 is 5.97 Å². The third-order valence-electron chi connectivity index (χ3n) is 2.55. The lowest BCUT2D eigenvalue weighted by Crippen LogP contribution is -2.11. The average molecular weight is 286 g/mol. The van der Waals surface area contributed by atoms with Crippen molar-refractivity contribution in [2.45, 2.75) is 37.5 Å². The lowest BCUT2D eigenvalue weighted by molar-refractivity contribution is -0.134. The van der Waals surface area contributed by atoms with Crippen molar-refractivity contribution < 1.29 is 22.1 Å². The van der Waals surface area contributed by atoms with E-state index in [0.29, 0.717) is 0 Å². The first-order chi connectivity index (χ1) is 9.01. The van der Waals surface area contributed by atoms with Crippen molar-refractivity contribution in [1.29, 1.82) is 0 Å². The summed E-state index contributed by atoms with van der Waals surface area (Å²) in [5, 5.41) is 0. The summed E-state index contributed by atoms with van der Waals surface area (Å²) in [6.45, 7) is 2.03. The summed E-state index contributed by atoms with van der Waals surface area (Å²) >= 11 is 0. The lowest BCUT2D eigenvalue weighted by atomic mass is 10.2. The molecule has 5 nitrogen and oxygen atoms in total. The third kappa shape index (κ3) is 4.65. The number of carbonyl (C=O) groups excluding carboxylic acids is 1. The van der Waals surface area contributed by atoms with E-state index in [1.54, 1.807) is 12.1 Å². The van der Waals surface area contributed by atoms with Crippen LogP contribution in [0.1, 0.15) is 32.6 Å². The maximum absolute atomic E-state index is 11.7. The van der Waals surface area contributed by atoms with Crippen LogP contribution in [0.15, 0.2) is 29.2 Å². The smallest absolute Gasteiger partial charge is 0.311 e. The minimum atomic E-state index is -3.88. The van der Waals surface area contributed by atoms with Crippen molar-refractivity contribution in [2.24, 2.45) is 0 Å². The highest BCUT2D eigenvalue weighted by molar-refractivity contribution is 7.86. The number of hydrogen-bond acceptors (Lipinski definition) is 5. The van der Waals surface area contributed by atoms with Gasteiger partial charge in [0.2, 0.25) is 0 Å². The minimum absolute atomic E-state index is 0.00542. The Labute approximate surface area is 113 Å². The minimum Gasteiger partial charge on any atom is -0.425 e. The normalized spacial score (nSPS) is 11.3. The van der Waals surface area contributed by atoms with E-state index in [4.69, 9.17) is 4.74 Å². The summed E-state index contributed by atoms with van der Waals surface area (Å²) in [4.78, 5) is 11.5. The maximum atomic E-state index is 11.7. The summed E-state index contributed by atoms with van der Waals surface area (Å²) in [7, 11) is -2.81. The van der Waals surface area contributed by atoms with E-state index in [1.165, 1.54) is 12.1 Å². The van der Waals surface area contributed by atoms with Gasteiger partial charge in [0.25, 0.3) is 10.1 Å². The molecule has 0 aliphatic rings. The number of benzene rings is 1. The fourth-order valence-corrected chi connectivity index (χ4v) is 2.30. The van der Waals surface area contributed by atoms with Crippen LogP contribution in [0.25, 0.3) is 0 Å². The second-order valence-electron chi connectivity index (χ2n) is 4.00. The molecule has 0 N–H and O–H groups in total. The molecule has 0 bridgehead atoms. The molecule has 0 aliphatic carbocycles. The van der Waals surface area contributed by atoms with E-state index < -0.39 is 16.1 Å². The van der Waals surface area contributed by atoms with E-state index >= 15 is 0 Å². The molecule has 0 saturated carbocycles. The van der Waals surface area contributed by atoms with E-state index in [2.05, 4.69) is 4.18 Å². The van der Waals surface area contributed by atoms with Gasteiger partial charge in [0.05, 0.1) is 7.11 Å². The van der Waals surface area contributed by atoms with Gasteiger partial charge in [-0.05, 0) is 18.6 Å². The van der Waals surface area contributed by atoms with Gasteiger partial charge < -0.3 is 4.74 Å². The highest BCUT2D eigenvalue weighted by Crippen LogP contribution is 2.25. The van der Waals surface area contributed by atoms with Crippen LogP contribution >= 0.6 is 0 Å². The lowest BCUT2D eigenvalue weighted by Gasteiger charge is -2.09. The molecule has 0 aliphatic heterocycles. The van der Waals surface area contributed by atoms with Crippen molar-refractivity contribution in [1.82, 2.24) is 0 Å². The van der Waals surface area contributed by atoms with E-state index in [0.717, 1.165) is 26.4 Å². The molecule has 6 heteroatoms. The van der Waals surface area contributed by atoms with Crippen LogP contribution in [-0.4, -0.2) is 21.5 Å². The van der Waals surface area contributed by atoms with Gasteiger partial charge in [0.1, 0.15) is 4.90 Å². The van der Waals surface area contributed by atoms with Crippen LogP contribution in [-0.2, 0) is 19.1 Å². The Balaban J connectivity index is 2.82. The zero-order chi connectivity index (χ0) is 14.3. The van der Waals surface area contributed by atoms with E-state index in [1.807, 2.05) is 6.92 Å². The van der Waals surface area contributed by atoms with Crippen molar-refractivity contribution in [3.05, 3.63) is 24.3 Å². The van der Waals surface area contributed by atoms with Gasteiger partial charge in [-0.2, -0.15) is 8.42 Å². The Morgan fingerprint density at radius 2 is 1.89 bits per heavy atom. The molecular weight excluding hydrogens is 268 g/mol. The van der Waals surface area contributed by atoms with Crippen LogP contribution in [0.2, 0.25) is 0 Å². The molecule has 0 atom stereocenters. The predicted molar refractivity (Wildman–Crippen MR) is 70.4 cm³/mol. The van der Waals surface area contributed by atoms with Crippen LogP contribution < -0.4 is 4.74 Å². The standard InChI is InChI=1S/C13H18O5S/c1-3-4-5-10-13(14)18-11-8-6-7-9-12(11)19(15,16)17-2/h6-9H,3-5,10H2,1-2H3. The molecule has 0 fully saturated rings. The van der Waals surface area contributed by atoms with Gasteiger partial charge in [-0.25, -0.2) is 0 Å². The predicted octanol–water partition coefficient (Wildman–Crippen LogP) is 2.51. The second-order valence-corrected chi connectivity index (χ2v) is 5.68. The van der Waals surface area contributed by atoms with Crippen LogP contribution in [0, 0.1) is 0 Å². The Morgan fingerprint density at radius 3 is 2.53 bits per heavy atom. The monoisotopic (exact) mass is 286 g/mol. The van der Waals surface area contributed by atoms with Crippen molar-refractivity contribution in [2.75, 3.05) is 7.11 Å². The molecule has 0 spiro atoms. The summed E-state index contributed by atoms with van der Waals surface area (Å²) in [6.07, 6.45) is 2.94. The van der Waals surface area contributed by atoms with Crippen LogP contribution in [0.3, 0.4) is 0 Å². The molecule has 0 unspecified atom stereocenters. The van der Waals surface area contributed by atoms with Crippen molar-refractivity contribution in [3.63, 3.8) is 0 Å². The highest BCUT2D eigenvalue weighted by Gasteiger charge is 2.20. The molecule has 1 aromatic rings. The second kappa shape index (κ2) is 7.25. The van der Waals surface area contributed by atoms with Crippen molar-refractivity contribution >= 4 is 16.1 Å². The summed E-state index contributed by atoms with van der Waals surface area (Å²) in [5.74, 6) is -0.432. The zero-order valence-corrected chi connectivity index (χ0v) is 11.9. The summed E-state index contributed by atoms with van der Waals surface area (Å²) in [6, 6.07) is 5.92. The van der Waals surface area contributed by atoms with Crippen LogP contribution in [0.5, 0.6) is 5.75 Å². The van der Waals surface area contributed by atoms with Gasteiger partial charge in [-0.15, -0.1) is 0 Å². The number of unbranched alkanes of at least 4 members (excludes halogenated alkanes) is 2. The van der Waals surface area contributed by atoms with E-state index in [9.17, 15) is 13.2 Å². The number of para-hydroxylation sites is 1. The number of esters is 1. The molecular formula is C13H18O5S. The topological polar surface area (TPSA) is 69.7 Å². The number of ether oxygens (including phenoxy) is 1. The largest absolute Gasteiger partial charge is 0.425 e. The molecule has 0 aromatic heterocycles. The molecule has 0 heterocycles. The number of hydrogen-bond donors (Lipinski definition) is 0. The van der Waals surface area contributed by atoms with Gasteiger partial charge in [-0.3, -0.25) is 8.98 Å². The Bertz CT molecular complexity index is 522. The Morgan fingerprint density at radius 1 is 1.21 bits per heavy atom. The summed E-state index contributed by atoms with van der Waals surface area (Å²) < 4.78 is 32.8. The molecule has 0 amide bonds. The molecule has 0 saturated heterocycles. The quantitative estimate of drug-likeness (QED) is 0.333. The average Bonchev–Trinajstić information content (AvgIpc) is 2.39.